The molecule has 0 bridgehead atoms. The number of ether oxygens (including phenoxy) is 1. The summed E-state index contributed by atoms with van der Waals surface area (Å²) in [5, 5.41) is 43.5. The van der Waals surface area contributed by atoms with Crippen LogP contribution in [0.4, 0.5) is 0 Å². The van der Waals surface area contributed by atoms with Gasteiger partial charge in [-0.3, -0.25) is 14.4 Å². The molecule has 1 aliphatic heterocycles. The van der Waals surface area contributed by atoms with E-state index in [2.05, 4.69) is 0 Å². The van der Waals surface area contributed by atoms with Gasteiger partial charge in [0, 0.05) is 30.4 Å². The largest absolute Gasteiger partial charge is 0.511 e. The molecule has 0 amide bonds. The molecule has 34 heavy (non-hydrogen) atoms. The molecule has 0 aromatic heterocycles. The Balaban J connectivity index is 2.26. The molecular weight excluding hydrogens is 440 g/mol. The van der Waals surface area contributed by atoms with Crippen LogP contribution < -0.4 is 4.74 Å². The lowest BCUT2D eigenvalue weighted by atomic mass is 9.74. The van der Waals surface area contributed by atoms with Crippen molar-refractivity contribution < 1.29 is 39.5 Å². The number of ketones is 3. The summed E-state index contributed by atoms with van der Waals surface area (Å²) in [6.07, 6.45) is 2.78. The fourth-order valence-corrected chi connectivity index (χ4v) is 4.16. The van der Waals surface area contributed by atoms with E-state index in [1.54, 1.807) is 39.8 Å². The van der Waals surface area contributed by atoms with Crippen LogP contribution in [0.25, 0.3) is 6.08 Å². The summed E-state index contributed by atoms with van der Waals surface area (Å²) in [5.41, 5.74) is -3.08. The van der Waals surface area contributed by atoms with Crippen LogP contribution in [0.1, 0.15) is 75.9 Å². The van der Waals surface area contributed by atoms with E-state index >= 15 is 0 Å². The first-order valence-corrected chi connectivity index (χ1v) is 11.2. The summed E-state index contributed by atoms with van der Waals surface area (Å²) in [4.78, 5) is 38.4. The van der Waals surface area contributed by atoms with Crippen molar-refractivity contribution in [3.05, 3.63) is 45.4 Å². The molecule has 8 nitrogen and oxygen atoms in total. The van der Waals surface area contributed by atoms with Gasteiger partial charge in [0.1, 0.15) is 45.5 Å². The first-order valence-electron chi connectivity index (χ1n) is 11.2. The van der Waals surface area contributed by atoms with Crippen LogP contribution in [0, 0.1) is 5.41 Å². The summed E-state index contributed by atoms with van der Waals surface area (Å²) in [6, 6.07) is 0. The molecular formula is C26H30O8. The monoisotopic (exact) mass is 470 g/mol. The zero-order chi connectivity index (χ0) is 25.7. The topological polar surface area (TPSA) is 141 Å². The molecule has 1 aromatic carbocycles. The van der Waals surface area contributed by atoms with Crippen molar-refractivity contribution in [3.8, 4) is 17.2 Å². The number of phenols is 2. The van der Waals surface area contributed by atoms with Gasteiger partial charge in [0.25, 0.3) is 0 Å². The van der Waals surface area contributed by atoms with Crippen LogP contribution in [0.2, 0.25) is 0 Å². The van der Waals surface area contributed by atoms with Gasteiger partial charge in [-0.1, -0.05) is 13.8 Å². The molecule has 0 atom stereocenters. The number of hydrogen-bond donors (Lipinski definition) is 4. The molecule has 0 saturated carbocycles. The zero-order valence-electron chi connectivity index (χ0n) is 20.2. The first kappa shape index (κ1) is 25.1. The lowest BCUT2D eigenvalue weighted by molar-refractivity contribution is -0.120. The fraction of sp³-hybridized carbons (Fsp3) is 0.423. The number of aromatic hydroxyl groups is 2. The number of phenolic OH excluding ortho intramolecular Hbond substituents is 2. The van der Waals surface area contributed by atoms with Crippen molar-refractivity contribution in [2.75, 3.05) is 0 Å². The van der Waals surface area contributed by atoms with E-state index in [1.165, 1.54) is 13.8 Å². The summed E-state index contributed by atoms with van der Waals surface area (Å²) in [7, 11) is 0. The maximum Gasteiger partial charge on any atom is 0.199 e. The van der Waals surface area contributed by atoms with E-state index in [0.29, 0.717) is 0 Å². The van der Waals surface area contributed by atoms with E-state index in [0.717, 1.165) is 0 Å². The smallest absolute Gasteiger partial charge is 0.199 e. The van der Waals surface area contributed by atoms with Gasteiger partial charge in [-0.05, 0) is 39.8 Å². The Morgan fingerprint density at radius 3 is 2.06 bits per heavy atom. The van der Waals surface area contributed by atoms with E-state index in [-0.39, 0.29) is 40.9 Å². The number of aliphatic hydroxyl groups excluding tert-OH is 2. The van der Waals surface area contributed by atoms with Crippen molar-refractivity contribution in [1.82, 2.24) is 0 Å². The summed E-state index contributed by atoms with van der Waals surface area (Å²) in [5.74, 6) is -3.91. The quantitative estimate of drug-likeness (QED) is 0.348. The van der Waals surface area contributed by atoms with Crippen LogP contribution in [-0.4, -0.2) is 43.4 Å². The molecule has 4 N–H and O–H groups in total. The number of Topliss-reactive ketones (excluding diaryl/α,β-unsaturated/α-hetero) is 3. The van der Waals surface area contributed by atoms with Crippen LogP contribution in [0.15, 0.2) is 28.7 Å². The van der Waals surface area contributed by atoms with Gasteiger partial charge in [0.15, 0.2) is 17.3 Å². The Kier molecular flexibility index (Phi) is 6.15. The van der Waals surface area contributed by atoms with E-state index in [1.807, 2.05) is 0 Å². The molecule has 0 unspecified atom stereocenters. The molecule has 0 radical (unpaired) electrons. The third kappa shape index (κ3) is 3.77. The number of aliphatic hydroxyl groups is 2. The van der Waals surface area contributed by atoms with Crippen LogP contribution in [0.3, 0.4) is 0 Å². The highest BCUT2D eigenvalue weighted by Crippen LogP contribution is 2.49. The average Bonchev–Trinajstić information content (AvgIpc) is 2.76. The Labute approximate surface area is 197 Å². The third-order valence-electron chi connectivity index (χ3n) is 6.31. The standard InChI is InChI=1S/C26H30O8/c1-7-15(27)17-20(30)13(19(29)12-9-10-25(3,4)34-22(12)17)11-14-21(31)18(16(28)8-2)24(33)26(5,6)23(14)32/h9-10,29-30,32-33H,7-8,11H2,1-6H3. The minimum absolute atomic E-state index is 0.0333. The van der Waals surface area contributed by atoms with Gasteiger partial charge in [0.05, 0.1) is 11.0 Å². The Hall–Kier alpha value is -3.55. The second-order valence-corrected chi connectivity index (χ2v) is 9.57. The lowest BCUT2D eigenvalue weighted by Crippen LogP contribution is -2.33. The SMILES string of the molecule is CCC(=O)C1=C(O)C(C)(C)C(O)=C(Cc2c(O)c3c(c(C(=O)CC)c2O)OC(C)(C)C=C3)C1=O. The number of carbonyl (C=O) groups is 3. The van der Waals surface area contributed by atoms with Gasteiger partial charge in [-0.15, -0.1) is 0 Å². The zero-order valence-corrected chi connectivity index (χ0v) is 20.2. The Morgan fingerprint density at radius 1 is 0.912 bits per heavy atom. The summed E-state index contributed by atoms with van der Waals surface area (Å²) < 4.78 is 5.89. The van der Waals surface area contributed by atoms with Gasteiger partial charge in [-0.2, -0.15) is 0 Å². The Bertz CT molecular complexity index is 1210. The fourth-order valence-electron chi connectivity index (χ4n) is 4.16. The maximum absolute atomic E-state index is 13.2. The van der Waals surface area contributed by atoms with Gasteiger partial charge < -0.3 is 25.2 Å². The summed E-state index contributed by atoms with van der Waals surface area (Å²) >= 11 is 0. The molecule has 0 fully saturated rings. The number of hydrogen-bond acceptors (Lipinski definition) is 8. The molecule has 1 heterocycles. The molecule has 0 spiro atoms. The van der Waals surface area contributed by atoms with Gasteiger partial charge >= 0.3 is 0 Å². The predicted molar refractivity (Wildman–Crippen MR) is 125 cm³/mol. The highest BCUT2D eigenvalue weighted by Gasteiger charge is 2.44. The van der Waals surface area contributed by atoms with Crippen molar-refractivity contribution >= 4 is 23.4 Å². The number of carbonyl (C=O) groups excluding carboxylic acids is 3. The number of allylic oxidation sites excluding steroid dienone is 2. The van der Waals surface area contributed by atoms with E-state index in [4.69, 9.17) is 4.74 Å². The van der Waals surface area contributed by atoms with E-state index < -0.39 is 63.4 Å². The lowest BCUT2D eigenvalue weighted by Gasteiger charge is -2.32. The molecule has 2 aliphatic rings. The van der Waals surface area contributed by atoms with Gasteiger partial charge in [-0.25, -0.2) is 0 Å². The van der Waals surface area contributed by atoms with Crippen LogP contribution in [-0.2, 0) is 16.0 Å². The highest BCUT2D eigenvalue weighted by atomic mass is 16.5. The molecule has 1 aliphatic carbocycles. The van der Waals surface area contributed by atoms with Crippen LogP contribution >= 0.6 is 0 Å². The van der Waals surface area contributed by atoms with Gasteiger partial charge in [0.2, 0.25) is 0 Å². The predicted octanol–water partition coefficient (Wildman–Crippen LogP) is 4.63. The van der Waals surface area contributed by atoms with Crippen molar-refractivity contribution in [2.24, 2.45) is 5.41 Å². The maximum atomic E-state index is 13.2. The second kappa shape index (κ2) is 8.34. The first-order chi connectivity index (χ1) is 15.7. The van der Waals surface area contributed by atoms with Crippen molar-refractivity contribution in [2.45, 2.75) is 66.4 Å². The summed E-state index contributed by atoms with van der Waals surface area (Å²) in [6.45, 7) is 9.56. The van der Waals surface area contributed by atoms with E-state index in [9.17, 15) is 34.8 Å². The van der Waals surface area contributed by atoms with Crippen LogP contribution in [0.5, 0.6) is 17.2 Å². The van der Waals surface area contributed by atoms with Crippen molar-refractivity contribution in [1.29, 1.82) is 0 Å². The molecule has 0 saturated heterocycles. The minimum Gasteiger partial charge on any atom is -0.511 e. The average molecular weight is 471 g/mol. The van der Waals surface area contributed by atoms with Crippen molar-refractivity contribution in [3.63, 3.8) is 0 Å². The Morgan fingerprint density at radius 2 is 1.50 bits per heavy atom. The number of fused-ring (bicyclic) bond motifs is 1. The molecule has 8 heteroatoms. The number of benzene rings is 1. The highest BCUT2D eigenvalue weighted by molar-refractivity contribution is 6.27. The molecule has 1 aromatic rings. The second-order valence-electron chi connectivity index (χ2n) is 9.57. The molecule has 182 valence electrons. The number of rotatable bonds is 6. The molecule has 3 rings (SSSR count). The normalized spacial score (nSPS) is 18.6. The minimum atomic E-state index is -1.45. The third-order valence-corrected chi connectivity index (χ3v) is 6.31.